The second kappa shape index (κ2) is 6.95. The Bertz CT molecular complexity index is 504. The van der Waals surface area contributed by atoms with Crippen molar-refractivity contribution in [1.82, 2.24) is 0 Å². The molecule has 1 rings (SSSR count). The van der Waals surface area contributed by atoms with E-state index in [0.29, 0.717) is 5.69 Å². The molecule has 0 radical (unpaired) electrons. The van der Waals surface area contributed by atoms with Gasteiger partial charge < -0.3 is 15.2 Å². The molecule has 0 saturated carbocycles. The van der Waals surface area contributed by atoms with Gasteiger partial charge in [-0.15, -0.1) is 0 Å². The number of esters is 1. The maximum absolute atomic E-state index is 11.3. The summed E-state index contributed by atoms with van der Waals surface area (Å²) >= 11 is 0. The average molecular weight is 263 g/mol. The number of aliphatic carboxylic acids is 1. The van der Waals surface area contributed by atoms with Crippen LogP contribution in [0.4, 0.5) is 5.69 Å². The summed E-state index contributed by atoms with van der Waals surface area (Å²) in [7, 11) is 1.31. The fourth-order valence-corrected chi connectivity index (χ4v) is 1.28. The third kappa shape index (κ3) is 5.49. The summed E-state index contributed by atoms with van der Waals surface area (Å²) in [5, 5.41) is 10.8. The summed E-state index contributed by atoms with van der Waals surface area (Å²) in [5.41, 5.74) is 1.26. The summed E-state index contributed by atoms with van der Waals surface area (Å²) in [4.78, 5) is 32.5. The lowest BCUT2D eigenvalue weighted by Crippen LogP contribution is -2.09. The predicted molar refractivity (Wildman–Crippen MR) is 67.6 cm³/mol. The van der Waals surface area contributed by atoms with Gasteiger partial charge >= 0.3 is 11.9 Å². The van der Waals surface area contributed by atoms with Crippen LogP contribution in [0.1, 0.15) is 5.56 Å². The van der Waals surface area contributed by atoms with Crippen molar-refractivity contribution in [3.05, 3.63) is 42.0 Å². The Hall–Kier alpha value is -2.63. The van der Waals surface area contributed by atoms with Gasteiger partial charge in [0.15, 0.2) is 0 Å². The lowest BCUT2D eigenvalue weighted by atomic mass is 10.1. The molecule has 0 aliphatic heterocycles. The number of benzene rings is 1. The molecule has 0 unspecified atom stereocenters. The van der Waals surface area contributed by atoms with Crippen LogP contribution in [-0.2, 0) is 25.5 Å². The molecular formula is C13H13NO5. The van der Waals surface area contributed by atoms with Crippen LogP contribution in [0.5, 0.6) is 0 Å². The number of methoxy groups -OCH3 is 1. The second-order valence-corrected chi connectivity index (χ2v) is 3.61. The second-order valence-electron chi connectivity index (χ2n) is 3.61. The normalized spacial score (nSPS) is 10.2. The Kier molecular flexibility index (Phi) is 5.28. The zero-order chi connectivity index (χ0) is 14.3. The van der Waals surface area contributed by atoms with Crippen molar-refractivity contribution in [2.45, 2.75) is 6.42 Å². The first-order valence-corrected chi connectivity index (χ1v) is 5.39. The van der Waals surface area contributed by atoms with Crippen molar-refractivity contribution in [2.75, 3.05) is 12.4 Å². The standard InChI is InChI=1S/C13H13NO5/c1-19-13(18)8-9-2-4-10(5-3-9)14-11(15)6-7-12(16)17/h2-7H,8H2,1H3,(H,14,15)(H,16,17)/b7-6+. The van der Waals surface area contributed by atoms with Gasteiger partial charge in [-0.1, -0.05) is 12.1 Å². The molecule has 0 aromatic heterocycles. The molecule has 6 nitrogen and oxygen atoms in total. The number of ether oxygens (including phenoxy) is 1. The SMILES string of the molecule is COC(=O)Cc1ccc(NC(=O)/C=C/C(=O)O)cc1. The monoisotopic (exact) mass is 263 g/mol. The fourth-order valence-electron chi connectivity index (χ4n) is 1.28. The third-order valence-electron chi connectivity index (χ3n) is 2.17. The highest BCUT2D eigenvalue weighted by atomic mass is 16.5. The summed E-state index contributed by atoms with van der Waals surface area (Å²) in [6.07, 6.45) is 1.83. The molecule has 0 spiro atoms. The Morgan fingerprint density at radius 3 is 2.37 bits per heavy atom. The van der Waals surface area contributed by atoms with Crippen molar-refractivity contribution in [3.8, 4) is 0 Å². The van der Waals surface area contributed by atoms with E-state index in [1.54, 1.807) is 24.3 Å². The van der Waals surface area contributed by atoms with Crippen LogP contribution in [0, 0.1) is 0 Å². The molecule has 1 amide bonds. The molecule has 0 aliphatic rings. The number of rotatable bonds is 5. The van der Waals surface area contributed by atoms with Gasteiger partial charge in [-0.05, 0) is 17.7 Å². The molecule has 100 valence electrons. The summed E-state index contributed by atoms with van der Waals surface area (Å²) < 4.78 is 4.53. The van der Waals surface area contributed by atoms with E-state index in [2.05, 4.69) is 10.1 Å². The summed E-state index contributed by atoms with van der Waals surface area (Å²) in [5.74, 6) is -2.08. The summed E-state index contributed by atoms with van der Waals surface area (Å²) in [6, 6.07) is 6.58. The fraction of sp³-hybridized carbons (Fsp3) is 0.154. The molecule has 1 aromatic rings. The zero-order valence-corrected chi connectivity index (χ0v) is 10.3. The highest BCUT2D eigenvalue weighted by molar-refractivity contribution is 6.02. The quantitative estimate of drug-likeness (QED) is 0.610. The van der Waals surface area contributed by atoms with Crippen molar-refractivity contribution < 1.29 is 24.2 Å². The number of hydrogen-bond acceptors (Lipinski definition) is 4. The maximum atomic E-state index is 11.3. The molecule has 19 heavy (non-hydrogen) atoms. The van der Waals surface area contributed by atoms with E-state index >= 15 is 0 Å². The first-order valence-electron chi connectivity index (χ1n) is 5.39. The number of amides is 1. The molecule has 1 aromatic carbocycles. The molecule has 0 fully saturated rings. The van der Waals surface area contributed by atoms with E-state index in [4.69, 9.17) is 5.11 Å². The van der Waals surface area contributed by atoms with Gasteiger partial charge in [0.05, 0.1) is 13.5 Å². The van der Waals surface area contributed by atoms with Crippen molar-refractivity contribution in [3.63, 3.8) is 0 Å². The number of nitrogens with one attached hydrogen (secondary N) is 1. The van der Waals surface area contributed by atoms with Crippen molar-refractivity contribution >= 4 is 23.5 Å². The highest BCUT2D eigenvalue weighted by Gasteiger charge is 2.03. The Morgan fingerprint density at radius 1 is 1.21 bits per heavy atom. The number of carboxylic acids is 1. The van der Waals surface area contributed by atoms with E-state index in [1.807, 2.05) is 0 Å². The summed E-state index contributed by atoms with van der Waals surface area (Å²) in [6.45, 7) is 0. The molecule has 2 N–H and O–H groups in total. The molecule has 0 bridgehead atoms. The zero-order valence-electron chi connectivity index (χ0n) is 10.3. The third-order valence-corrected chi connectivity index (χ3v) is 2.17. The topological polar surface area (TPSA) is 92.7 Å². The van der Waals surface area contributed by atoms with Crippen LogP contribution in [0.15, 0.2) is 36.4 Å². The Morgan fingerprint density at radius 2 is 1.84 bits per heavy atom. The van der Waals surface area contributed by atoms with Gasteiger partial charge in [0.2, 0.25) is 5.91 Å². The van der Waals surface area contributed by atoms with Gasteiger partial charge in [-0.3, -0.25) is 9.59 Å². The minimum absolute atomic E-state index is 0.156. The largest absolute Gasteiger partial charge is 0.478 e. The van der Waals surface area contributed by atoms with Gasteiger partial charge in [-0.2, -0.15) is 0 Å². The molecular weight excluding hydrogens is 250 g/mol. The lowest BCUT2D eigenvalue weighted by molar-refractivity contribution is -0.139. The van der Waals surface area contributed by atoms with Gasteiger partial charge in [-0.25, -0.2) is 4.79 Å². The Balaban J connectivity index is 2.59. The van der Waals surface area contributed by atoms with Crippen molar-refractivity contribution in [1.29, 1.82) is 0 Å². The lowest BCUT2D eigenvalue weighted by Gasteiger charge is -2.04. The van der Waals surface area contributed by atoms with Crippen LogP contribution in [0.3, 0.4) is 0 Å². The van der Waals surface area contributed by atoms with Crippen LogP contribution in [0.2, 0.25) is 0 Å². The molecule has 0 saturated heterocycles. The molecule has 6 heteroatoms. The van der Waals surface area contributed by atoms with Crippen LogP contribution in [-0.4, -0.2) is 30.1 Å². The molecule has 0 aliphatic carbocycles. The van der Waals surface area contributed by atoms with E-state index in [-0.39, 0.29) is 12.4 Å². The first-order chi connectivity index (χ1) is 9.01. The van der Waals surface area contributed by atoms with E-state index < -0.39 is 11.9 Å². The number of hydrogen-bond donors (Lipinski definition) is 2. The van der Waals surface area contributed by atoms with Gasteiger partial charge in [0.1, 0.15) is 0 Å². The van der Waals surface area contributed by atoms with E-state index in [1.165, 1.54) is 7.11 Å². The van der Waals surface area contributed by atoms with Crippen LogP contribution < -0.4 is 5.32 Å². The van der Waals surface area contributed by atoms with Gasteiger partial charge in [0.25, 0.3) is 0 Å². The minimum atomic E-state index is -1.19. The Labute approximate surface area is 109 Å². The average Bonchev–Trinajstić information content (AvgIpc) is 2.38. The number of carbonyl (C=O) groups excluding carboxylic acids is 2. The maximum Gasteiger partial charge on any atom is 0.328 e. The highest BCUT2D eigenvalue weighted by Crippen LogP contribution is 2.10. The van der Waals surface area contributed by atoms with Crippen molar-refractivity contribution in [2.24, 2.45) is 0 Å². The van der Waals surface area contributed by atoms with E-state index in [9.17, 15) is 14.4 Å². The number of anilines is 1. The van der Waals surface area contributed by atoms with E-state index in [0.717, 1.165) is 17.7 Å². The number of carbonyl (C=O) groups is 3. The van der Waals surface area contributed by atoms with Crippen LogP contribution in [0.25, 0.3) is 0 Å². The van der Waals surface area contributed by atoms with Crippen LogP contribution >= 0.6 is 0 Å². The molecule has 0 heterocycles. The van der Waals surface area contributed by atoms with Gasteiger partial charge in [0, 0.05) is 17.8 Å². The number of carboxylic acid groups (broad SMARTS) is 1. The molecule has 0 atom stereocenters. The predicted octanol–water partition coefficient (Wildman–Crippen LogP) is 0.981. The first kappa shape index (κ1) is 14.4. The minimum Gasteiger partial charge on any atom is -0.478 e. The smallest absolute Gasteiger partial charge is 0.328 e.